The molecule has 0 aliphatic carbocycles. The van der Waals surface area contributed by atoms with Gasteiger partial charge in [-0.25, -0.2) is 0 Å². The Balaban J connectivity index is 2.96. The van der Waals surface area contributed by atoms with Crippen LogP contribution in [0.4, 0.5) is 0 Å². The fourth-order valence-electron chi connectivity index (χ4n) is 1.82. The third-order valence-electron chi connectivity index (χ3n) is 2.76. The van der Waals surface area contributed by atoms with Gasteiger partial charge >= 0.3 is 0 Å². The molecule has 0 aromatic heterocycles. The van der Waals surface area contributed by atoms with Crippen molar-refractivity contribution < 1.29 is 19.1 Å². The van der Waals surface area contributed by atoms with Crippen molar-refractivity contribution in [3.63, 3.8) is 0 Å². The van der Waals surface area contributed by atoms with E-state index in [0.29, 0.717) is 6.42 Å². The predicted molar refractivity (Wildman–Crippen MR) is 63.6 cm³/mol. The van der Waals surface area contributed by atoms with Gasteiger partial charge < -0.3 is 9.47 Å². The molecule has 4 heteroatoms. The van der Waals surface area contributed by atoms with Crippen LogP contribution in [0, 0.1) is 5.41 Å². The van der Waals surface area contributed by atoms with Crippen LogP contribution < -0.4 is 0 Å². The third-order valence-corrected chi connectivity index (χ3v) is 2.76. The van der Waals surface area contributed by atoms with Gasteiger partial charge in [0.1, 0.15) is 0 Å². The molecule has 1 aliphatic heterocycles. The van der Waals surface area contributed by atoms with Crippen molar-refractivity contribution in [3.8, 4) is 0 Å². The summed E-state index contributed by atoms with van der Waals surface area (Å²) in [5.41, 5.74) is -0.541. The molecule has 1 aliphatic rings. The maximum atomic E-state index is 12.2. The molecule has 0 bridgehead atoms. The Labute approximate surface area is 103 Å². The number of ether oxygens (including phenoxy) is 2. The highest BCUT2D eigenvalue weighted by Crippen LogP contribution is 2.33. The highest BCUT2D eigenvalue weighted by atomic mass is 16.8. The molecule has 1 rings (SSSR count). The summed E-state index contributed by atoms with van der Waals surface area (Å²) in [5, 5.41) is 0. The summed E-state index contributed by atoms with van der Waals surface area (Å²) < 4.78 is 11.1. The number of carbonyl (C=O) groups excluding carboxylic acids is 2. The van der Waals surface area contributed by atoms with E-state index in [9.17, 15) is 9.59 Å². The van der Waals surface area contributed by atoms with Gasteiger partial charge in [0, 0.05) is 11.8 Å². The van der Waals surface area contributed by atoms with Crippen LogP contribution in [0.3, 0.4) is 0 Å². The molecule has 98 valence electrons. The maximum Gasteiger partial charge on any atom is 0.170 e. The molecule has 4 nitrogen and oxygen atoms in total. The first-order valence-corrected chi connectivity index (χ1v) is 6.01. The topological polar surface area (TPSA) is 52.6 Å². The Morgan fingerprint density at radius 2 is 1.59 bits per heavy atom. The zero-order valence-corrected chi connectivity index (χ0v) is 11.5. The van der Waals surface area contributed by atoms with E-state index >= 15 is 0 Å². The molecule has 1 fully saturated rings. The molecule has 1 saturated heterocycles. The van der Waals surface area contributed by atoms with Crippen LogP contribution in [0.1, 0.15) is 48.0 Å². The van der Waals surface area contributed by atoms with Crippen molar-refractivity contribution in [1.29, 1.82) is 0 Å². The molecule has 17 heavy (non-hydrogen) atoms. The number of carbonyl (C=O) groups is 2. The van der Waals surface area contributed by atoms with Crippen LogP contribution in [0.5, 0.6) is 0 Å². The molecule has 0 N–H and O–H groups in total. The molecule has 0 amide bonds. The van der Waals surface area contributed by atoms with Crippen LogP contribution in [-0.2, 0) is 19.1 Å². The molecule has 0 spiro atoms. The average Bonchev–Trinajstić information content (AvgIpc) is 2.50. The van der Waals surface area contributed by atoms with Crippen LogP contribution in [0.15, 0.2) is 0 Å². The standard InChI is InChI=1S/C13H22O4/c1-7-8(14)9-10(11(15)12(2,3)4)17-13(5,6)16-9/h9-10H,7H2,1-6H3/t9-,10?/m1/s1. The van der Waals surface area contributed by atoms with E-state index < -0.39 is 23.4 Å². The molecule has 0 aromatic carbocycles. The lowest BCUT2D eigenvalue weighted by atomic mass is 9.85. The molecule has 0 saturated carbocycles. The second-order valence-electron chi connectivity index (χ2n) is 5.91. The minimum Gasteiger partial charge on any atom is -0.336 e. The van der Waals surface area contributed by atoms with Gasteiger partial charge in [-0.15, -0.1) is 0 Å². The van der Waals surface area contributed by atoms with Crippen molar-refractivity contribution in [1.82, 2.24) is 0 Å². The Hall–Kier alpha value is -0.740. The van der Waals surface area contributed by atoms with E-state index in [4.69, 9.17) is 9.47 Å². The van der Waals surface area contributed by atoms with Gasteiger partial charge in [0.25, 0.3) is 0 Å². The summed E-state index contributed by atoms with van der Waals surface area (Å²) >= 11 is 0. The van der Waals surface area contributed by atoms with Crippen molar-refractivity contribution >= 4 is 11.6 Å². The van der Waals surface area contributed by atoms with Crippen molar-refractivity contribution in [2.45, 2.75) is 66.0 Å². The molecular formula is C13H22O4. The first-order valence-electron chi connectivity index (χ1n) is 6.01. The van der Waals surface area contributed by atoms with E-state index in [1.807, 2.05) is 20.8 Å². The smallest absolute Gasteiger partial charge is 0.170 e. The lowest BCUT2D eigenvalue weighted by Crippen LogP contribution is -2.42. The van der Waals surface area contributed by atoms with E-state index in [-0.39, 0.29) is 11.6 Å². The van der Waals surface area contributed by atoms with Crippen LogP contribution >= 0.6 is 0 Å². The summed E-state index contributed by atoms with van der Waals surface area (Å²) in [6.45, 7) is 10.7. The summed E-state index contributed by atoms with van der Waals surface area (Å²) in [6, 6.07) is 0. The summed E-state index contributed by atoms with van der Waals surface area (Å²) in [6.07, 6.45) is -1.20. The first kappa shape index (κ1) is 14.3. The zero-order chi connectivity index (χ0) is 13.4. The van der Waals surface area contributed by atoms with Gasteiger partial charge in [-0.1, -0.05) is 27.7 Å². The van der Waals surface area contributed by atoms with Gasteiger partial charge in [-0.05, 0) is 13.8 Å². The SMILES string of the molecule is CCC(=O)[C@H]1OC(C)(C)OC1C(=O)C(C)(C)C. The van der Waals surface area contributed by atoms with E-state index in [1.54, 1.807) is 20.8 Å². The van der Waals surface area contributed by atoms with E-state index in [2.05, 4.69) is 0 Å². The maximum absolute atomic E-state index is 12.2. The fraction of sp³-hybridized carbons (Fsp3) is 0.846. The van der Waals surface area contributed by atoms with Gasteiger partial charge in [0.2, 0.25) is 0 Å². The average molecular weight is 242 g/mol. The Kier molecular flexibility index (Phi) is 3.79. The minimum absolute atomic E-state index is 0.0850. The van der Waals surface area contributed by atoms with E-state index in [0.717, 1.165) is 0 Å². The summed E-state index contributed by atoms with van der Waals surface area (Å²) in [5.74, 6) is -1.05. The zero-order valence-electron chi connectivity index (χ0n) is 11.5. The van der Waals surface area contributed by atoms with E-state index in [1.165, 1.54) is 0 Å². The Bertz CT molecular complexity index is 325. The Morgan fingerprint density at radius 3 is 2.00 bits per heavy atom. The quantitative estimate of drug-likeness (QED) is 0.760. The number of hydrogen-bond acceptors (Lipinski definition) is 4. The second-order valence-corrected chi connectivity index (χ2v) is 5.91. The number of hydrogen-bond donors (Lipinski definition) is 0. The van der Waals surface area contributed by atoms with Gasteiger partial charge in [-0.3, -0.25) is 9.59 Å². The molecule has 1 unspecified atom stereocenters. The molecule has 2 atom stereocenters. The van der Waals surface area contributed by atoms with Crippen molar-refractivity contribution in [2.24, 2.45) is 5.41 Å². The molecule has 0 radical (unpaired) electrons. The fourth-order valence-corrected chi connectivity index (χ4v) is 1.82. The summed E-state index contributed by atoms with van der Waals surface area (Å²) in [4.78, 5) is 24.0. The van der Waals surface area contributed by atoms with Crippen LogP contribution in [-0.4, -0.2) is 29.6 Å². The van der Waals surface area contributed by atoms with Crippen molar-refractivity contribution in [2.75, 3.05) is 0 Å². The highest BCUT2D eigenvalue weighted by Gasteiger charge is 2.50. The predicted octanol–water partition coefficient (Wildman–Crippen LogP) is 2.10. The summed E-state index contributed by atoms with van der Waals surface area (Å²) in [7, 11) is 0. The second kappa shape index (κ2) is 4.50. The largest absolute Gasteiger partial charge is 0.336 e. The van der Waals surface area contributed by atoms with Gasteiger partial charge in [0.05, 0.1) is 0 Å². The molecule has 0 aromatic rings. The highest BCUT2D eigenvalue weighted by molar-refractivity contribution is 5.95. The normalized spacial score (nSPS) is 28.1. The van der Waals surface area contributed by atoms with Crippen LogP contribution in [0.25, 0.3) is 0 Å². The number of rotatable bonds is 3. The van der Waals surface area contributed by atoms with Gasteiger partial charge in [-0.2, -0.15) is 0 Å². The molecule has 1 heterocycles. The minimum atomic E-state index is -0.874. The third kappa shape index (κ3) is 3.13. The molecular weight excluding hydrogens is 220 g/mol. The van der Waals surface area contributed by atoms with Gasteiger partial charge in [0.15, 0.2) is 29.6 Å². The van der Waals surface area contributed by atoms with Crippen molar-refractivity contribution in [3.05, 3.63) is 0 Å². The lowest BCUT2D eigenvalue weighted by molar-refractivity contribution is -0.160. The lowest BCUT2D eigenvalue weighted by Gasteiger charge is -2.23. The first-order chi connectivity index (χ1) is 7.58. The van der Waals surface area contributed by atoms with Crippen LogP contribution in [0.2, 0.25) is 0 Å². The monoisotopic (exact) mass is 242 g/mol. The number of Topliss-reactive ketones (excluding diaryl/α,β-unsaturated/α-hetero) is 2. The number of ketones is 2. The Morgan fingerprint density at radius 1 is 1.12 bits per heavy atom.